The molecular formula is C6H5BN4Rb. The van der Waals surface area contributed by atoms with Crippen molar-refractivity contribution >= 4 is 18.7 Å². The van der Waals surface area contributed by atoms with E-state index in [0.717, 1.165) is 5.47 Å². The monoisotopic (exact) mass is 229 g/mol. The molecule has 2 rings (SSSR count). The van der Waals surface area contributed by atoms with Crippen LogP contribution >= 0.6 is 0 Å². The standard InChI is InChI=1S/C6H5BN4.Rb/c8-6-9-5(10-11-6)4-2-1-3-7-4;/h1-3H,(H2-,8,9,10,11);/q-1;+1. The third-order valence-corrected chi connectivity index (χ3v) is 1.39. The Morgan fingerprint density at radius 2 is 2.33 bits per heavy atom. The first-order valence-corrected chi connectivity index (χ1v) is 3.21. The van der Waals surface area contributed by atoms with Gasteiger partial charge in [-0.3, -0.25) is 5.10 Å². The van der Waals surface area contributed by atoms with Crippen molar-refractivity contribution in [3.63, 3.8) is 0 Å². The molecule has 0 atom stereocenters. The van der Waals surface area contributed by atoms with Gasteiger partial charge in [-0.2, -0.15) is 0 Å². The van der Waals surface area contributed by atoms with Crippen molar-refractivity contribution in [2.24, 2.45) is 0 Å². The van der Waals surface area contributed by atoms with Crippen molar-refractivity contribution in [1.82, 2.24) is 15.2 Å². The third kappa shape index (κ3) is 2.16. The van der Waals surface area contributed by atoms with Crippen molar-refractivity contribution in [2.75, 3.05) is 5.73 Å². The first-order chi connectivity index (χ1) is 5.36. The molecule has 53 valence electrons. The van der Waals surface area contributed by atoms with Crippen LogP contribution in [0.25, 0.3) is 5.47 Å². The second-order valence-electron chi connectivity index (χ2n) is 2.17. The minimum atomic E-state index is 0. The van der Waals surface area contributed by atoms with E-state index in [1.54, 1.807) is 0 Å². The number of hydrogen-bond acceptors (Lipinski definition) is 3. The fourth-order valence-corrected chi connectivity index (χ4v) is 0.897. The maximum absolute atomic E-state index is 5.30. The number of nitrogens with two attached hydrogens (primary N) is 1. The van der Waals surface area contributed by atoms with E-state index in [2.05, 4.69) is 15.2 Å². The van der Waals surface area contributed by atoms with Gasteiger partial charge in [0.2, 0.25) is 0 Å². The van der Waals surface area contributed by atoms with E-state index in [9.17, 15) is 0 Å². The zero-order valence-corrected chi connectivity index (χ0v) is 11.6. The van der Waals surface area contributed by atoms with Crippen LogP contribution in [0.5, 0.6) is 0 Å². The van der Waals surface area contributed by atoms with Crippen molar-refractivity contribution in [2.45, 2.75) is 0 Å². The Kier molecular flexibility index (Phi) is 3.89. The molecule has 6 heteroatoms. The van der Waals surface area contributed by atoms with Gasteiger partial charge in [0, 0.05) is 5.95 Å². The largest absolute Gasteiger partial charge is 1.00 e. The van der Waals surface area contributed by atoms with Gasteiger partial charge in [-0.15, -0.1) is 5.98 Å². The molecule has 12 heavy (non-hydrogen) atoms. The van der Waals surface area contributed by atoms with Gasteiger partial charge in [-0.25, -0.2) is 5.10 Å². The van der Waals surface area contributed by atoms with E-state index in [1.807, 2.05) is 25.4 Å². The Hall–Kier alpha value is 0.290. The molecule has 0 unspecified atom stereocenters. The minimum Gasteiger partial charge on any atom is -0.452 e. The molecule has 0 aromatic carbocycles. The molecule has 0 fully saturated rings. The molecule has 2 N–H and O–H groups in total. The van der Waals surface area contributed by atoms with Gasteiger partial charge in [0.05, 0.1) is 5.82 Å². The fourth-order valence-electron chi connectivity index (χ4n) is 0.897. The number of anilines is 1. The summed E-state index contributed by atoms with van der Waals surface area (Å²) in [5, 5.41) is 7.36. The van der Waals surface area contributed by atoms with E-state index < -0.39 is 0 Å². The molecule has 0 aliphatic carbocycles. The topological polar surface area (TPSA) is 65.9 Å². The summed E-state index contributed by atoms with van der Waals surface area (Å²) in [6, 6.07) is 0. The number of nitrogen functional groups attached to an aromatic ring is 1. The number of allylic oxidation sites excluding steroid dienone is 2. The second kappa shape index (κ2) is 4.50. The number of hydrogen-bond donors (Lipinski definition) is 1. The quantitative estimate of drug-likeness (QED) is 0.510. The van der Waals surface area contributed by atoms with Gasteiger partial charge in [-0.05, 0) is 0 Å². The molecule has 4 nitrogen and oxygen atoms in total. The average Bonchev–Trinajstić information content (AvgIpc) is 2.55. The van der Waals surface area contributed by atoms with E-state index in [-0.39, 0.29) is 64.1 Å². The molecule has 1 aromatic rings. The smallest absolute Gasteiger partial charge is 0.452 e. The zero-order valence-electron chi connectivity index (χ0n) is 6.73. The van der Waals surface area contributed by atoms with Crippen molar-refractivity contribution in [3.05, 3.63) is 24.0 Å². The van der Waals surface area contributed by atoms with E-state index in [4.69, 9.17) is 5.73 Å². The molecule has 2 heterocycles. The van der Waals surface area contributed by atoms with Crippen molar-refractivity contribution < 1.29 is 58.2 Å². The summed E-state index contributed by atoms with van der Waals surface area (Å²) in [5.74, 6) is 2.73. The predicted molar refractivity (Wildman–Crippen MR) is 42.6 cm³/mol. The molecule has 1 aliphatic rings. The van der Waals surface area contributed by atoms with Crippen molar-refractivity contribution in [1.29, 1.82) is 0 Å². The Morgan fingerprint density at radius 1 is 1.50 bits per heavy atom. The molecule has 0 saturated heterocycles. The van der Waals surface area contributed by atoms with Crippen LogP contribution in [0.15, 0.2) is 18.1 Å². The summed E-state index contributed by atoms with van der Waals surface area (Å²) in [6.45, 7) is 0. The van der Waals surface area contributed by atoms with Gasteiger partial charge in [0.1, 0.15) is 0 Å². The van der Waals surface area contributed by atoms with Crippen LogP contribution in [-0.4, -0.2) is 17.4 Å². The van der Waals surface area contributed by atoms with Crippen LogP contribution in [-0.2, 0) is 0 Å². The van der Waals surface area contributed by atoms with E-state index in [0.29, 0.717) is 5.82 Å². The number of nitrogens with zero attached hydrogens (tertiary/aromatic N) is 3. The van der Waals surface area contributed by atoms with Gasteiger partial charge in [0.25, 0.3) is 0 Å². The zero-order chi connectivity index (χ0) is 7.68. The summed E-state index contributed by atoms with van der Waals surface area (Å²) < 4.78 is 0. The van der Waals surface area contributed by atoms with Crippen molar-refractivity contribution in [3.8, 4) is 0 Å². The molecular weight excluding hydrogens is 224 g/mol. The molecule has 0 spiro atoms. The third-order valence-electron chi connectivity index (χ3n) is 1.39. The molecule has 0 saturated carbocycles. The first kappa shape index (κ1) is 10.4. The summed E-state index contributed by atoms with van der Waals surface area (Å²) in [7, 11) is 1.91. The molecule has 0 amide bonds. The van der Waals surface area contributed by atoms with Gasteiger partial charge in [-0.1, -0.05) is 17.6 Å². The minimum absolute atomic E-state index is 0. The summed E-state index contributed by atoms with van der Waals surface area (Å²) in [4.78, 5) is 3.91. The van der Waals surface area contributed by atoms with Crippen LogP contribution < -0.4 is 69.0 Å². The molecule has 1 radical (unpaired) electrons. The maximum atomic E-state index is 5.30. The Bertz CT molecular complexity index is 330. The number of rotatable bonds is 1. The Morgan fingerprint density at radius 3 is 2.83 bits per heavy atom. The predicted octanol–water partition coefficient (Wildman–Crippen LogP) is -3.41. The van der Waals surface area contributed by atoms with E-state index in [1.165, 1.54) is 0 Å². The van der Waals surface area contributed by atoms with Crippen LogP contribution in [0, 0.1) is 0 Å². The first-order valence-electron chi connectivity index (χ1n) is 3.21. The van der Waals surface area contributed by atoms with E-state index >= 15 is 0 Å². The van der Waals surface area contributed by atoms with Crippen LogP contribution in [0.1, 0.15) is 5.82 Å². The van der Waals surface area contributed by atoms with Crippen LogP contribution in [0.4, 0.5) is 5.95 Å². The Labute approximate surface area is 120 Å². The summed E-state index contributed by atoms with van der Waals surface area (Å²) in [6.07, 6.45) is 3.83. The fraction of sp³-hybridized carbons (Fsp3) is 0. The van der Waals surface area contributed by atoms with Gasteiger partial charge < -0.3 is 10.7 Å². The summed E-state index contributed by atoms with van der Waals surface area (Å²) >= 11 is 0. The molecule has 0 bridgehead atoms. The molecule has 1 aliphatic heterocycles. The summed E-state index contributed by atoms with van der Waals surface area (Å²) in [5.41, 5.74) is 6.25. The normalized spacial score (nSPS) is 13.5. The van der Waals surface area contributed by atoms with Crippen LogP contribution in [0.3, 0.4) is 0 Å². The van der Waals surface area contributed by atoms with Gasteiger partial charge in [0.15, 0.2) is 7.28 Å². The maximum Gasteiger partial charge on any atom is 1.00 e. The van der Waals surface area contributed by atoms with Gasteiger partial charge >= 0.3 is 58.2 Å². The van der Waals surface area contributed by atoms with Crippen LogP contribution in [0.2, 0.25) is 0 Å². The average molecular weight is 229 g/mol. The second-order valence-corrected chi connectivity index (χ2v) is 2.17. The molecule has 1 aromatic heterocycles. The SMILES string of the molecule is Nc1nc(C2=CC=C[B]2)n[n-]1.[Rb+]. The Balaban J connectivity index is 0.000000720. The number of aromatic nitrogens is 3.